The number of nitrogens with two attached hydrogens (primary N) is 1. The van der Waals surface area contributed by atoms with Crippen LogP contribution in [0, 0.1) is 0 Å². The van der Waals surface area contributed by atoms with Gasteiger partial charge in [-0.2, -0.15) is 0 Å². The number of hydrogen-bond acceptors (Lipinski definition) is 3. The Balaban J connectivity index is 1.71. The Morgan fingerprint density at radius 3 is 2.50 bits per heavy atom. The van der Waals surface area contributed by atoms with E-state index in [4.69, 9.17) is 10.5 Å². The number of rotatable bonds is 5. The van der Waals surface area contributed by atoms with Crippen LogP contribution in [0.1, 0.15) is 38.2 Å². The van der Waals surface area contributed by atoms with Crippen molar-refractivity contribution in [3.05, 3.63) is 29.8 Å². The highest BCUT2D eigenvalue weighted by atomic mass is 16.5. The Bertz CT molecular complexity index is 423. The Morgan fingerprint density at radius 1 is 1.25 bits per heavy atom. The van der Waals surface area contributed by atoms with Crippen molar-refractivity contribution in [3.8, 4) is 5.75 Å². The summed E-state index contributed by atoms with van der Waals surface area (Å²) in [5, 5.41) is 3.01. The lowest BCUT2D eigenvalue weighted by molar-refractivity contribution is -0.124. The molecule has 0 aromatic heterocycles. The molecule has 4 heteroatoms. The summed E-state index contributed by atoms with van der Waals surface area (Å²) in [5.41, 5.74) is 7.11. The standard InChI is InChI=1S/C16H24N2O2/c1-2-12-3-9-15(10-4-12)20-11-16(19)18-14-7-5-13(17)6-8-14/h3-4,9-10,13-14H,2,5-8,11,17H2,1H3,(H,18,19). The highest BCUT2D eigenvalue weighted by Crippen LogP contribution is 2.17. The molecule has 0 atom stereocenters. The fourth-order valence-electron chi connectivity index (χ4n) is 2.50. The highest BCUT2D eigenvalue weighted by molar-refractivity contribution is 5.77. The molecule has 0 heterocycles. The molecule has 1 aromatic rings. The zero-order valence-electron chi connectivity index (χ0n) is 12.1. The first-order valence-corrected chi connectivity index (χ1v) is 7.44. The number of carbonyl (C=O) groups excluding carboxylic acids is 1. The zero-order valence-corrected chi connectivity index (χ0v) is 12.1. The SMILES string of the molecule is CCc1ccc(OCC(=O)NC2CCC(N)CC2)cc1. The van der Waals surface area contributed by atoms with E-state index in [0.717, 1.165) is 37.9 Å². The van der Waals surface area contributed by atoms with Crippen molar-refractivity contribution in [3.63, 3.8) is 0 Å². The normalized spacial score (nSPS) is 22.3. The predicted octanol–water partition coefficient (Wildman–Crippen LogP) is 2.01. The van der Waals surface area contributed by atoms with Crippen molar-refractivity contribution in [2.45, 2.75) is 51.1 Å². The van der Waals surface area contributed by atoms with Crippen LogP contribution in [0.4, 0.5) is 0 Å². The molecule has 1 aliphatic rings. The second-order valence-corrected chi connectivity index (χ2v) is 5.47. The van der Waals surface area contributed by atoms with E-state index in [9.17, 15) is 4.79 Å². The van der Waals surface area contributed by atoms with Gasteiger partial charge in [-0.25, -0.2) is 0 Å². The molecule has 0 spiro atoms. The fraction of sp³-hybridized carbons (Fsp3) is 0.562. The number of aryl methyl sites for hydroxylation is 1. The lowest BCUT2D eigenvalue weighted by Gasteiger charge is -2.26. The van der Waals surface area contributed by atoms with Gasteiger partial charge in [-0.3, -0.25) is 4.79 Å². The summed E-state index contributed by atoms with van der Waals surface area (Å²) in [7, 11) is 0. The van der Waals surface area contributed by atoms with Gasteiger partial charge in [0.25, 0.3) is 5.91 Å². The number of hydrogen-bond donors (Lipinski definition) is 2. The van der Waals surface area contributed by atoms with Crippen molar-refractivity contribution in [1.29, 1.82) is 0 Å². The molecule has 0 aliphatic heterocycles. The first-order valence-electron chi connectivity index (χ1n) is 7.44. The summed E-state index contributed by atoms with van der Waals surface area (Å²) >= 11 is 0. The Labute approximate surface area is 120 Å². The van der Waals surface area contributed by atoms with Gasteiger partial charge in [0, 0.05) is 12.1 Å². The van der Waals surface area contributed by atoms with Crippen LogP contribution in [-0.2, 0) is 11.2 Å². The Morgan fingerprint density at radius 2 is 1.90 bits per heavy atom. The second kappa shape index (κ2) is 7.29. The van der Waals surface area contributed by atoms with Crippen LogP contribution >= 0.6 is 0 Å². The summed E-state index contributed by atoms with van der Waals surface area (Å²) in [6, 6.07) is 8.42. The number of ether oxygens (including phenoxy) is 1. The molecule has 20 heavy (non-hydrogen) atoms. The van der Waals surface area contributed by atoms with Crippen LogP contribution in [0.3, 0.4) is 0 Å². The number of amides is 1. The number of benzene rings is 1. The van der Waals surface area contributed by atoms with Gasteiger partial charge in [-0.1, -0.05) is 19.1 Å². The maximum atomic E-state index is 11.8. The van der Waals surface area contributed by atoms with E-state index >= 15 is 0 Å². The monoisotopic (exact) mass is 276 g/mol. The Kier molecular flexibility index (Phi) is 5.41. The summed E-state index contributed by atoms with van der Waals surface area (Å²) in [4.78, 5) is 11.8. The van der Waals surface area contributed by atoms with Gasteiger partial charge in [0.2, 0.25) is 0 Å². The summed E-state index contributed by atoms with van der Waals surface area (Å²) in [6.07, 6.45) is 4.93. The molecule has 0 unspecified atom stereocenters. The molecule has 1 aromatic carbocycles. The lowest BCUT2D eigenvalue weighted by atomic mass is 9.92. The molecule has 1 saturated carbocycles. The van der Waals surface area contributed by atoms with E-state index < -0.39 is 0 Å². The van der Waals surface area contributed by atoms with E-state index in [1.807, 2.05) is 24.3 Å². The largest absolute Gasteiger partial charge is 0.484 e. The lowest BCUT2D eigenvalue weighted by Crippen LogP contribution is -2.42. The van der Waals surface area contributed by atoms with Gasteiger partial charge >= 0.3 is 0 Å². The smallest absolute Gasteiger partial charge is 0.258 e. The quantitative estimate of drug-likeness (QED) is 0.864. The molecule has 2 rings (SSSR count). The summed E-state index contributed by atoms with van der Waals surface area (Å²) in [6.45, 7) is 2.19. The number of carbonyl (C=O) groups is 1. The summed E-state index contributed by atoms with van der Waals surface area (Å²) < 4.78 is 5.49. The van der Waals surface area contributed by atoms with Gasteiger partial charge in [0.05, 0.1) is 0 Å². The van der Waals surface area contributed by atoms with E-state index in [2.05, 4.69) is 12.2 Å². The highest BCUT2D eigenvalue weighted by Gasteiger charge is 2.19. The van der Waals surface area contributed by atoms with Gasteiger partial charge in [0.1, 0.15) is 5.75 Å². The van der Waals surface area contributed by atoms with Crippen molar-refractivity contribution in [1.82, 2.24) is 5.32 Å². The minimum absolute atomic E-state index is 0.0509. The number of nitrogens with one attached hydrogen (secondary N) is 1. The topological polar surface area (TPSA) is 64.3 Å². The van der Waals surface area contributed by atoms with Crippen LogP contribution in [0.15, 0.2) is 24.3 Å². The molecular formula is C16H24N2O2. The van der Waals surface area contributed by atoms with Gasteiger partial charge in [0.15, 0.2) is 6.61 Å². The first kappa shape index (κ1) is 14.9. The third-order valence-corrected chi connectivity index (χ3v) is 3.84. The van der Waals surface area contributed by atoms with E-state index in [1.165, 1.54) is 5.56 Å². The van der Waals surface area contributed by atoms with E-state index in [-0.39, 0.29) is 18.6 Å². The maximum Gasteiger partial charge on any atom is 0.258 e. The van der Waals surface area contributed by atoms with Crippen LogP contribution in [0.2, 0.25) is 0 Å². The molecule has 0 radical (unpaired) electrons. The van der Waals surface area contributed by atoms with Gasteiger partial charge < -0.3 is 15.8 Å². The minimum Gasteiger partial charge on any atom is -0.484 e. The predicted molar refractivity (Wildman–Crippen MR) is 79.7 cm³/mol. The fourth-order valence-corrected chi connectivity index (χ4v) is 2.50. The molecule has 1 fully saturated rings. The van der Waals surface area contributed by atoms with Crippen LogP contribution in [0.5, 0.6) is 5.75 Å². The van der Waals surface area contributed by atoms with Crippen LogP contribution in [-0.4, -0.2) is 24.6 Å². The maximum absolute atomic E-state index is 11.8. The third kappa shape index (κ3) is 4.53. The average molecular weight is 276 g/mol. The zero-order chi connectivity index (χ0) is 14.4. The van der Waals surface area contributed by atoms with Gasteiger partial charge in [-0.05, 0) is 49.8 Å². The molecule has 1 aliphatic carbocycles. The summed E-state index contributed by atoms with van der Waals surface area (Å²) in [5.74, 6) is 0.688. The van der Waals surface area contributed by atoms with Crippen molar-refractivity contribution < 1.29 is 9.53 Å². The average Bonchev–Trinajstić information content (AvgIpc) is 2.48. The third-order valence-electron chi connectivity index (χ3n) is 3.84. The van der Waals surface area contributed by atoms with E-state index in [1.54, 1.807) is 0 Å². The van der Waals surface area contributed by atoms with Crippen molar-refractivity contribution >= 4 is 5.91 Å². The minimum atomic E-state index is -0.0509. The first-order chi connectivity index (χ1) is 9.67. The van der Waals surface area contributed by atoms with Crippen LogP contribution in [0.25, 0.3) is 0 Å². The molecule has 3 N–H and O–H groups in total. The van der Waals surface area contributed by atoms with Crippen LogP contribution < -0.4 is 15.8 Å². The molecular weight excluding hydrogens is 252 g/mol. The molecule has 1 amide bonds. The van der Waals surface area contributed by atoms with Crippen molar-refractivity contribution in [2.24, 2.45) is 5.73 Å². The molecule has 0 saturated heterocycles. The second-order valence-electron chi connectivity index (χ2n) is 5.47. The molecule has 0 bridgehead atoms. The van der Waals surface area contributed by atoms with Gasteiger partial charge in [-0.15, -0.1) is 0 Å². The molecule has 4 nitrogen and oxygen atoms in total. The Hall–Kier alpha value is -1.55. The molecule has 110 valence electrons. The van der Waals surface area contributed by atoms with Crippen molar-refractivity contribution in [2.75, 3.05) is 6.61 Å². The van der Waals surface area contributed by atoms with E-state index in [0.29, 0.717) is 6.04 Å².